The Morgan fingerprint density at radius 1 is 1.44 bits per heavy atom. The van der Waals surface area contributed by atoms with Crippen LogP contribution in [0.2, 0.25) is 5.15 Å². The van der Waals surface area contributed by atoms with Crippen molar-refractivity contribution in [2.45, 2.75) is 40.0 Å². The van der Waals surface area contributed by atoms with Crippen LogP contribution in [0.15, 0.2) is 6.07 Å². The lowest BCUT2D eigenvalue weighted by atomic mass is 9.95. The molecule has 1 unspecified atom stereocenters. The lowest BCUT2D eigenvalue weighted by Gasteiger charge is -2.19. The zero-order chi connectivity index (χ0) is 13.1. The molecule has 0 aliphatic carbocycles. The Kier molecular flexibility index (Phi) is 4.44. The van der Waals surface area contributed by atoms with E-state index in [1.54, 1.807) is 0 Å². The van der Waals surface area contributed by atoms with Crippen LogP contribution < -0.4 is 4.90 Å². The molecule has 3 nitrogen and oxygen atoms in total. The molecule has 0 radical (unpaired) electrons. The van der Waals surface area contributed by atoms with Gasteiger partial charge in [0.1, 0.15) is 16.8 Å². The molecule has 4 heteroatoms. The summed E-state index contributed by atoms with van der Waals surface area (Å²) >= 11 is 6.09. The number of hydrogen-bond donors (Lipinski definition) is 0. The van der Waals surface area contributed by atoms with Crippen molar-refractivity contribution < 1.29 is 0 Å². The van der Waals surface area contributed by atoms with Gasteiger partial charge in [-0.15, -0.1) is 0 Å². The highest BCUT2D eigenvalue weighted by Gasteiger charge is 2.26. The van der Waals surface area contributed by atoms with Crippen molar-refractivity contribution in [3.8, 4) is 0 Å². The molecule has 1 aromatic heterocycles. The van der Waals surface area contributed by atoms with Gasteiger partial charge in [0.2, 0.25) is 0 Å². The van der Waals surface area contributed by atoms with E-state index in [1.807, 2.05) is 6.07 Å². The van der Waals surface area contributed by atoms with Crippen LogP contribution >= 0.6 is 11.6 Å². The fourth-order valence-electron chi connectivity index (χ4n) is 2.49. The third-order valence-corrected chi connectivity index (χ3v) is 3.89. The Labute approximate surface area is 115 Å². The van der Waals surface area contributed by atoms with Crippen molar-refractivity contribution in [3.05, 3.63) is 17.0 Å². The maximum absolute atomic E-state index is 6.09. The summed E-state index contributed by atoms with van der Waals surface area (Å²) < 4.78 is 0. The quantitative estimate of drug-likeness (QED) is 0.781. The molecule has 0 spiro atoms. The van der Waals surface area contributed by atoms with Crippen LogP contribution in [0, 0.1) is 11.8 Å². The van der Waals surface area contributed by atoms with E-state index in [4.69, 9.17) is 11.6 Å². The Morgan fingerprint density at radius 2 is 2.22 bits per heavy atom. The van der Waals surface area contributed by atoms with Gasteiger partial charge in [-0.2, -0.15) is 0 Å². The highest BCUT2D eigenvalue weighted by molar-refractivity contribution is 6.29. The number of rotatable bonds is 4. The molecule has 18 heavy (non-hydrogen) atoms. The third kappa shape index (κ3) is 3.14. The number of aromatic nitrogens is 2. The molecule has 0 N–H and O–H groups in total. The van der Waals surface area contributed by atoms with Crippen LogP contribution in [0.1, 0.15) is 39.4 Å². The highest BCUT2D eigenvalue weighted by Crippen LogP contribution is 2.28. The minimum absolute atomic E-state index is 0.566. The molecular weight excluding hydrogens is 246 g/mol. The van der Waals surface area contributed by atoms with Crippen LogP contribution in [0.4, 0.5) is 5.82 Å². The summed E-state index contributed by atoms with van der Waals surface area (Å²) in [5.74, 6) is 3.38. The van der Waals surface area contributed by atoms with E-state index in [9.17, 15) is 0 Å². The van der Waals surface area contributed by atoms with Gasteiger partial charge in [-0.3, -0.25) is 0 Å². The van der Waals surface area contributed by atoms with E-state index in [1.165, 1.54) is 6.42 Å². The second-order valence-corrected chi connectivity index (χ2v) is 5.84. The fraction of sp³-hybridized carbons (Fsp3) is 0.714. The van der Waals surface area contributed by atoms with Crippen LogP contribution in [-0.4, -0.2) is 23.1 Å². The Morgan fingerprint density at radius 3 is 2.83 bits per heavy atom. The second kappa shape index (κ2) is 5.87. The van der Waals surface area contributed by atoms with Gasteiger partial charge in [-0.1, -0.05) is 32.4 Å². The zero-order valence-electron chi connectivity index (χ0n) is 11.5. The minimum Gasteiger partial charge on any atom is -0.356 e. The molecular formula is C14H22ClN3. The average Bonchev–Trinajstić information content (AvgIpc) is 2.78. The number of anilines is 1. The highest BCUT2D eigenvalue weighted by atomic mass is 35.5. The van der Waals surface area contributed by atoms with Gasteiger partial charge < -0.3 is 4.90 Å². The Balaban J connectivity index is 2.13. The largest absolute Gasteiger partial charge is 0.356 e. The van der Waals surface area contributed by atoms with Crippen molar-refractivity contribution in [1.82, 2.24) is 9.97 Å². The van der Waals surface area contributed by atoms with E-state index in [-0.39, 0.29) is 0 Å². The van der Waals surface area contributed by atoms with E-state index in [0.29, 0.717) is 5.15 Å². The normalized spacial score (nSPS) is 19.8. The summed E-state index contributed by atoms with van der Waals surface area (Å²) in [4.78, 5) is 11.3. The topological polar surface area (TPSA) is 29.0 Å². The van der Waals surface area contributed by atoms with E-state index >= 15 is 0 Å². The van der Waals surface area contributed by atoms with Crippen molar-refractivity contribution in [2.24, 2.45) is 11.8 Å². The number of nitrogens with zero attached hydrogens (tertiary/aromatic N) is 3. The first-order valence-electron chi connectivity index (χ1n) is 6.88. The van der Waals surface area contributed by atoms with Crippen molar-refractivity contribution in [3.63, 3.8) is 0 Å². The number of halogens is 1. The Hall–Kier alpha value is -0.830. The molecule has 2 rings (SSSR count). The molecule has 2 heterocycles. The molecule has 0 amide bonds. The van der Waals surface area contributed by atoms with Crippen molar-refractivity contribution in [2.75, 3.05) is 18.0 Å². The van der Waals surface area contributed by atoms with Crippen LogP contribution in [-0.2, 0) is 6.42 Å². The van der Waals surface area contributed by atoms with E-state index in [0.717, 1.165) is 49.4 Å². The minimum atomic E-state index is 0.566. The third-order valence-electron chi connectivity index (χ3n) is 3.69. The molecule has 0 aromatic carbocycles. The summed E-state index contributed by atoms with van der Waals surface area (Å²) in [5.41, 5.74) is 0. The van der Waals surface area contributed by atoms with Crippen molar-refractivity contribution in [1.29, 1.82) is 0 Å². The molecule has 1 atom stereocenters. The first-order chi connectivity index (χ1) is 8.60. The molecule has 100 valence electrons. The predicted octanol–water partition coefficient (Wildman–Crippen LogP) is 3.56. The molecule has 1 saturated heterocycles. The van der Waals surface area contributed by atoms with Gasteiger partial charge in [0.05, 0.1) is 0 Å². The van der Waals surface area contributed by atoms with Gasteiger partial charge in [0.15, 0.2) is 0 Å². The number of hydrogen-bond acceptors (Lipinski definition) is 3. The summed E-state index contributed by atoms with van der Waals surface area (Å²) in [6.07, 6.45) is 3.20. The first kappa shape index (κ1) is 13.6. The Bertz CT molecular complexity index is 406. The predicted molar refractivity (Wildman–Crippen MR) is 76.2 cm³/mol. The van der Waals surface area contributed by atoms with Gasteiger partial charge in [0, 0.05) is 25.6 Å². The molecule has 1 aromatic rings. The molecule has 1 fully saturated rings. The average molecular weight is 268 g/mol. The summed E-state index contributed by atoms with van der Waals surface area (Å²) in [7, 11) is 0. The first-order valence-corrected chi connectivity index (χ1v) is 7.26. The van der Waals surface area contributed by atoms with Gasteiger partial charge in [0.25, 0.3) is 0 Å². The van der Waals surface area contributed by atoms with Crippen molar-refractivity contribution >= 4 is 17.4 Å². The smallest absolute Gasteiger partial charge is 0.134 e. The standard InChI is InChI=1S/C14H22ClN3/c1-4-5-13-16-12(15)8-14(17-13)18-7-6-11(9-18)10(2)3/h8,10-11H,4-7,9H2,1-3H3. The molecule has 0 saturated carbocycles. The van der Waals surface area contributed by atoms with Crippen LogP contribution in [0.5, 0.6) is 0 Å². The zero-order valence-corrected chi connectivity index (χ0v) is 12.2. The molecule has 1 aliphatic heterocycles. The fourth-order valence-corrected chi connectivity index (χ4v) is 2.68. The summed E-state index contributed by atoms with van der Waals surface area (Å²) in [6, 6.07) is 1.89. The summed E-state index contributed by atoms with van der Waals surface area (Å²) in [6.45, 7) is 8.90. The molecule has 0 bridgehead atoms. The summed E-state index contributed by atoms with van der Waals surface area (Å²) in [5, 5.41) is 0.566. The van der Waals surface area contributed by atoms with Gasteiger partial charge in [-0.05, 0) is 24.7 Å². The van der Waals surface area contributed by atoms with Crippen LogP contribution in [0.3, 0.4) is 0 Å². The monoisotopic (exact) mass is 267 g/mol. The molecule has 1 aliphatic rings. The van der Waals surface area contributed by atoms with Crippen LogP contribution in [0.25, 0.3) is 0 Å². The number of aryl methyl sites for hydroxylation is 1. The maximum Gasteiger partial charge on any atom is 0.134 e. The lowest BCUT2D eigenvalue weighted by molar-refractivity contribution is 0.422. The SMILES string of the molecule is CCCc1nc(Cl)cc(N2CCC(C(C)C)C2)n1. The second-order valence-electron chi connectivity index (χ2n) is 5.45. The van der Waals surface area contributed by atoms with Gasteiger partial charge in [-0.25, -0.2) is 9.97 Å². The lowest BCUT2D eigenvalue weighted by Crippen LogP contribution is -2.22. The van der Waals surface area contributed by atoms with E-state index < -0.39 is 0 Å². The van der Waals surface area contributed by atoms with E-state index in [2.05, 4.69) is 35.6 Å². The van der Waals surface area contributed by atoms with Gasteiger partial charge >= 0.3 is 0 Å². The maximum atomic E-state index is 6.09.